The van der Waals surface area contributed by atoms with Gasteiger partial charge in [0.15, 0.2) is 20.0 Å². The van der Waals surface area contributed by atoms with Crippen LogP contribution in [0, 0.1) is 0 Å². The Kier molecular flexibility index (Phi) is 11.6. The molecule has 0 N–H and O–H groups in total. The number of sulfonamides is 2. The summed E-state index contributed by atoms with van der Waals surface area (Å²) in [7, 11) is -10.7. The highest BCUT2D eigenvalue weighted by Crippen LogP contribution is 2.36. The second-order valence-electron chi connectivity index (χ2n) is 6.85. The van der Waals surface area contributed by atoms with Crippen molar-refractivity contribution in [3.8, 4) is 0 Å². The molecule has 0 aromatic rings. The fraction of sp³-hybridized carbons (Fsp3) is 1.00. The van der Waals surface area contributed by atoms with Gasteiger partial charge in [-0.1, -0.05) is 0 Å². The lowest BCUT2D eigenvalue weighted by Gasteiger charge is -2.34. The smallest absolute Gasteiger partial charge is 0.421 e. The lowest BCUT2D eigenvalue weighted by Crippen LogP contribution is -2.48. The summed E-state index contributed by atoms with van der Waals surface area (Å²) in [6.07, 6.45) is 3.90. The van der Waals surface area contributed by atoms with E-state index in [4.69, 9.17) is 13.3 Å². The third-order valence-corrected chi connectivity index (χ3v) is 10.6. The van der Waals surface area contributed by atoms with Crippen LogP contribution in [0.1, 0.15) is 26.2 Å². The average Bonchev–Trinajstić information content (AvgIpc) is 3.13. The molecule has 0 amide bonds. The van der Waals surface area contributed by atoms with Gasteiger partial charge in [-0.15, -0.1) is 0 Å². The molecule has 0 spiro atoms. The highest BCUT2D eigenvalue weighted by atomic mass is 32.3. The second kappa shape index (κ2) is 11.8. The minimum absolute atomic E-state index is 0.778. The number of hydrogen-bond donors (Lipinski definition) is 0. The molecule has 0 bridgehead atoms. The lowest BCUT2D eigenvalue weighted by molar-refractivity contribution is -0.915. The Morgan fingerprint density at radius 1 is 0.844 bits per heavy atom. The molecule has 1 heterocycles. The number of quaternary nitrogens is 1. The van der Waals surface area contributed by atoms with E-state index in [1.165, 1.54) is 43.5 Å². The van der Waals surface area contributed by atoms with Crippen LogP contribution in [-0.2, 0) is 33.3 Å². The Morgan fingerprint density at radius 2 is 1.22 bits per heavy atom. The third-order valence-electron chi connectivity index (χ3n) is 5.02. The van der Waals surface area contributed by atoms with Crippen molar-refractivity contribution in [2.24, 2.45) is 0 Å². The maximum Gasteiger partial charge on any atom is 0.500 e. The first-order valence-corrected chi connectivity index (χ1v) is 14.0. The van der Waals surface area contributed by atoms with Gasteiger partial charge in [0.25, 0.3) is 0 Å². The fourth-order valence-electron chi connectivity index (χ4n) is 3.11. The van der Waals surface area contributed by atoms with Crippen LogP contribution in [0.5, 0.6) is 0 Å². The maximum atomic E-state index is 11.4. The van der Waals surface area contributed by atoms with E-state index in [0.717, 1.165) is 16.6 Å². The van der Waals surface area contributed by atoms with Crippen LogP contribution in [0.2, 0.25) is 6.04 Å². The van der Waals surface area contributed by atoms with Crippen molar-refractivity contribution in [1.82, 2.24) is 0 Å². The summed E-state index contributed by atoms with van der Waals surface area (Å²) in [5.41, 5.74) is -12.4. The van der Waals surface area contributed by atoms with E-state index in [1.54, 1.807) is 21.3 Å². The minimum Gasteiger partial charge on any atom is -0.421 e. The van der Waals surface area contributed by atoms with Gasteiger partial charge in [-0.25, -0.2) is 16.8 Å². The van der Waals surface area contributed by atoms with E-state index in [9.17, 15) is 43.2 Å². The molecule has 0 saturated carbocycles. The Hall–Kier alpha value is -0.503. The normalized spacial score (nSPS) is 17.7. The van der Waals surface area contributed by atoms with Crippen molar-refractivity contribution in [2.75, 3.05) is 47.5 Å². The van der Waals surface area contributed by atoms with Gasteiger partial charge in [-0.2, -0.15) is 26.3 Å². The van der Waals surface area contributed by atoms with E-state index in [-0.39, 0.29) is 0 Å². The Labute approximate surface area is 185 Å². The molecule has 1 fully saturated rings. The number of likely N-dealkylation sites (tertiary alicyclic amines) is 1. The van der Waals surface area contributed by atoms with Crippen LogP contribution in [0.15, 0.2) is 0 Å². The summed E-state index contributed by atoms with van der Waals surface area (Å²) in [6, 6.07) is 0.927. The van der Waals surface area contributed by atoms with Crippen molar-refractivity contribution in [1.29, 1.82) is 0 Å². The number of halogens is 6. The number of hydrogen-bond acceptors (Lipinski definition) is 7. The van der Waals surface area contributed by atoms with Gasteiger partial charge in [-0.05, 0) is 6.92 Å². The van der Waals surface area contributed by atoms with Gasteiger partial charge in [0.05, 0.1) is 26.2 Å². The van der Waals surface area contributed by atoms with Crippen molar-refractivity contribution in [3.05, 3.63) is 4.13 Å². The molecule has 194 valence electrons. The molecule has 0 unspecified atom stereocenters. The fourth-order valence-corrected chi connectivity index (χ4v) is 6.52. The van der Waals surface area contributed by atoms with Crippen LogP contribution >= 0.6 is 0 Å². The zero-order valence-electron chi connectivity index (χ0n) is 18.0. The van der Waals surface area contributed by atoms with Gasteiger partial charge in [0, 0.05) is 46.6 Å². The van der Waals surface area contributed by atoms with Gasteiger partial charge in [-0.3, -0.25) is 0 Å². The second-order valence-corrected chi connectivity index (χ2v) is 13.4. The van der Waals surface area contributed by atoms with Gasteiger partial charge < -0.3 is 21.9 Å². The van der Waals surface area contributed by atoms with Gasteiger partial charge >= 0.3 is 19.8 Å². The molecule has 0 aromatic carbocycles. The van der Waals surface area contributed by atoms with Crippen molar-refractivity contribution >= 4 is 28.9 Å². The molecule has 32 heavy (non-hydrogen) atoms. The highest BCUT2D eigenvalue weighted by Gasteiger charge is 2.47. The van der Waals surface area contributed by atoms with Crippen LogP contribution in [0.4, 0.5) is 26.3 Å². The van der Waals surface area contributed by atoms with E-state index in [2.05, 4.69) is 6.92 Å². The summed E-state index contributed by atoms with van der Waals surface area (Å²) in [6.45, 7) is 7.48. The van der Waals surface area contributed by atoms with E-state index < -0.39 is 39.9 Å². The predicted octanol–water partition coefficient (Wildman–Crippen LogP) is 2.94. The van der Waals surface area contributed by atoms with E-state index in [0.29, 0.717) is 0 Å². The monoisotopic (exact) mass is 542 g/mol. The number of nitrogens with zero attached hydrogens (tertiary/aromatic N) is 2. The molecule has 1 aliphatic rings. The highest BCUT2D eigenvalue weighted by molar-refractivity contribution is 8.13. The molecule has 0 aromatic heterocycles. The summed E-state index contributed by atoms with van der Waals surface area (Å²) < 4.78 is 127. The first kappa shape index (κ1) is 31.5. The molecule has 1 rings (SSSR count). The molecular formula is C14H28F6N2O7S2Si. The summed E-state index contributed by atoms with van der Waals surface area (Å²) >= 11 is 0. The third kappa shape index (κ3) is 8.69. The topological polar surface area (TPSA) is 110 Å². The molecule has 0 atom stereocenters. The van der Waals surface area contributed by atoms with Crippen LogP contribution in [0.25, 0.3) is 4.13 Å². The number of rotatable bonds is 10. The minimum atomic E-state index is -6.72. The van der Waals surface area contributed by atoms with Crippen LogP contribution in [-0.4, -0.2) is 88.6 Å². The van der Waals surface area contributed by atoms with Crippen molar-refractivity contribution in [3.63, 3.8) is 0 Å². The molecule has 9 nitrogen and oxygen atoms in total. The number of alkyl halides is 6. The summed E-state index contributed by atoms with van der Waals surface area (Å²) in [4.78, 5) is 0. The molecule has 1 aliphatic heterocycles. The van der Waals surface area contributed by atoms with Gasteiger partial charge in [0.1, 0.15) is 0 Å². The van der Waals surface area contributed by atoms with Gasteiger partial charge in [0.2, 0.25) is 0 Å². The summed E-state index contributed by atoms with van der Waals surface area (Å²) in [5, 5.41) is 0. The molecule has 1 saturated heterocycles. The van der Waals surface area contributed by atoms with Crippen LogP contribution in [0.3, 0.4) is 0 Å². The van der Waals surface area contributed by atoms with Crippen molar-refractivity contribution in [2.45, 2.75) is 43.2 Å². The Bertz CT molecular complexity index is 722. The quantitative estimate of drug-likeness (QED) is 0.237. The Balaban J connectivity index is 0.000000607. The maximum absolute atomic E-state index is 11.4. The summed E-state index contributed by atoms with van der Waals surface area (Å²) in [5.74, 6) is 0. The zero-order chi connectivity index (χ0) is 25.5. The largest absolute Gasteiger partial charge is 0.500 e. The predicted molar refractivity (Wildman–Crippen MR) is 104 cm³/mol. The SMILES string of the molecule is CC[N+]1(CCC[Si](OC)(OC)OC)CCCC1.O=S(=O)([N-]S(=O)(=O)C(F)(F)F)C(F)(F)F. The molecule has 0 aliphatic carbocycles. The first-order valence-electron chi connectivity index (χ1n) is 9.24. The molecule has 0 radical (unpaired) electrons. The molecular weight excluding hydrogens is 514 g/mol. The average molecular weight is 543 g/mol. The standard InChI is InChI=1S/C12H28NO3Si.C2F6NO4S2/c1-5-13(9-6-7-10-13)11-8-12-17(14-2,15-3)16-4;3-1(4,5)14(10,11)9-15(12,13)2(6,7)8/h5-12H2,1-4H3;/q+1;-1. The first-order chi connectivity index (χ1) is 14.4. The van der Waals surface area contributed by atoms with E-state index >= 15 is 0 Å². The van der Waals surface area contributed by atoms with E-state index in [1.807, 2.05) is 0 Å². The molecule has 18 heteroatoms. The van der Waals surface area contributed by atoms with Crippen molar-refractivity contribution < 1.29 is 60.9 Å². The lowest BCUT2D eigenvalue weighted by atomic mass is 10.3. The zero-order valence-corrected chi connectivity index (χ0v) is 20.6. The van der Waals surface area contributed by atoms with Crippen LogP contribution < -0.4 is 0 Å². The Morgan fingerprint density at radius 3 is 1.50 bits per heavy atom.